The van der Waals surface area contributed by atoms with Crippen molar-refractivity contribution in [2.75, 3.05) is 6.61 Å². The smallest absolute Gasteiger partial charge is 0.254 e. The van der Waals surface area contributed by atoms with Crippen LogP contribution in [0.3, 0.4) is 0 Å². The summed E-state index contributed by atoms with van der Waals surface area (Å²) in [5, 5.41) is 11.4. The lowest BCUT2D eigenvalue weighted by molar-refractivity contribution is 0.0897. The molecular weight excluding hydrogens is 257 g/mol. The molecule has 0 fully saturated rings. The number of benzene rings is 1. The quantitative estimate of drug-likeness (QED) is 0.831. The molecule has 2 N–H and O–H groups in total. The molecule has 0 radical (unpaired) electrons. The maximum Gasteiger partial charge on any atom is 0.254 e. The lowest BCUT2D eigenvalue weighted by Crippen LogP contribution is -2.45. The van der Waals surface area contributed by atoms with Crippen molar-refractivity contribution in [2.24, 2.45) is 0 Å². The van der Waals surface area contributed by atoms with E-state index in [1.807, 2.05) is 20.8 Å². The fourth-order valence-corrected chi connectivity index (χ4v) is 1.69. The molecule has 0 aliphatic heterocycles. The summed E-state index contributed by atoms with van der Waals surface area (Å²) < 4.78 is 13.9. The lowest BCUT2D eigenvalue weighted by Gasteiger charge is -2.28. The summed E-state index contributed by atoms with van der Waals surface area (Å²) in [6.45, 7) is 5.61. The molecule has 1 amide bonds. The number of carbonyl (C=O) groups is 1. The number of hydrogen-bond acceptors (Lipinski definition) is 2. The van der Waals surface area contributed by atoms with Gasteiger partial charge in [0.2, 0.25) is 0 Å². The average Bonchev–Trinajstić information content (AvgIpc) is 2.44. The molecule has 0 aliphatic rings. The van der Waals surface area contributed by atoms with Gasteiger partial charge in [0.05, 0.1) is 5.56 Å². The van der Waals surface area contributed by atoms with Crippen LogP contribution in [0.15, 0.2) is 18.2 Å². The summed E-state index contributed by atoms with van der Waals surface area (Å²) in [5.41, 5.74) is 0.105. The van der Waals surface area contributed by atoms with Gasteiger partial charge in [0, 0.05) is 11.1 Å². The molecular formula is C16H20FNO2. The van der Waals surface area contributed by atoms with Crippen molar-refractivity contribution >= 4 is 5.91 Å². The fraction of sp³-hybridized carbons (Fsp3) is 0.438. The van der Waals surface area contributed by atoms with Crippen LogP contribution in [0.1, 0.15) is 49.5 Å². The van der Waals surface area contributed by atoms with E-state index >= 15 is 0 Å². The van der Waals surface area contributed by atoms with Crippen LogP contribution in [-0.2, 0) is 0 Å². The zero-order chi connectivity index (χ0) is 15.2. The van der Waals surface area contributed by atoms with Gasteiger partial charge in [-0.1, -0.05) is 25.7 Å². The average molecular weight is 277 g/mol. The van der Waals surface area contributed by atoms with Crippen molar-refractivity contribution in [3.8, 4) is 11.8 Å². The van der Waals surface area contributed by atoms with Crippen LogP contribution in [0.5, 0.6) is 0 Å². The van der Waals surface area contributed by atoms with Crippen LogP contribution in [0.4, 0.5) is 4.39 Å². The second-order valence-electron chi connectivity index (χ2n) is 4.88. The molecule has 0 heterocycles. The van der Waals surface area contributed by atoms with E-state index in [0.717, 1.165) is 12.8 Å². The van der Waals surface area contributed by atoms with Gasteiger partial charge in [-0.3, -0.25) is 4.79 Å². The first-order chi connectivity index (χ1) is 9.45. The zero-order valence-corrected chi connectivity index (χ0v) is 12.1. The highest BCUT2D eigenvalue weighted by Gasteiger charge is 2.23. The standard InChI is InChI=1S/C16H20FNO2/c1-4-16(3,5-2)18-15(20)13-9-8-12(7-6-10-19)11-14(13)17/h8-9,11,19H,4-5,10H2,1-3H3,(H,18,20). The third-order valence-corrected chi connectivity index (χ3v) is 3.50. The van der Waals surface area contributed by atoms with E-state index < -0.39 is 11.7 Å². The molecule has 0 spiro atoms. The van der Waals surface area contributed by atoms with Crippen LogP contribution in [0.25, 0.3) is 0 Å². The van der Waals surface area contributed by atoms with E-state index in [-0.39, 0.29) is 17.7 Å². The Bertz CT molecular complexity index is 539. The van der Waals surface area contributed by atoms with Crippen molar-refractivity contribution in [1.82, 2.24) is 5.32 Å². The topological polar surface area (TPSA) is 49.3 Å². The Morgan fingerprint density at radius 2 is 2.05 bits per heavy atom. The number of amides is 1. The number of aliphatic hydroxyl groups is 1. The maximum absolute atomic E-state index is 13.9. The Hall–Kier alpha value is -1.86. The van der Waals surface area contributed by atoms with Crippen molar-refractivity contribution in [1.29, 1.82) is 0 Å². The summed E-state index contributed by atoms with van der Waals surface area (Å²) >= 11 is 0. The Kier molecular flexibility index (Phi) is 5.72. The van der Waals surface area contributed by atoms with E-state index in [2.05, 4.69) is 17.2 Å². The molecule has 3 nitrogen and oxygen atoms in total. The van der Waals surface area contributed by atoms with Gasteiger partial charge in [-0.2, -0.15) is 0 Å². The zero-order valence-electron chi connectivity index (χ0n) is 12.1. The molecule has 1 aromatic carbocycles. The number of nitrogens with one attached hydrogen (secondary N) is 1. The van der Waals surface area contributed by atoms with E-state index in [0.29, 0.717) is 5.56 Å². The summed E-state index contributed by atoms with van der Waals surface area (Å²) in [4.78, 5) is 12.1. The van der Waals surface area contributed by atoms with Crippen LogP contribution in [0, 0.1) is 17.7 Å². The molecule has 0 saturated carbocycles. The monoisotopic (exact) mass is 277 g/mol. The van der Waals surface area contributed by atoms with Crippen molar-refractivity contribution in [3.63, 3.8) is 0 Å². The predicted molar refractivity (Wildman–Crippen MR) is 76.8 cm³/mol. The second-order valence-corrected chi connectivity index (χ2v) is 4.88. The Morgan fingerprint density at radius 1 is 1.40 bits per heavy atom. The number of hydrogen-bond donors (Lipinski definition) is 2. The largest absolute Gasteiger partial charge is 0.384 e. The number of aliphatic hydroxyl groups excluding tert-OH is 1. The molecule has 0 saturated heterocycles. The van der Waals surface area contributed by atoms with Gasteiger partial charge < -0.3 is 10.4 Å². The van der Waals surface area contributed by atoms with Crippen LogP contribution < -0.4 is 5.32 Å². The molecule has 0 unspecified atom stereocenters. The highest BCUT2D eigenvalue weighted by atomic mass is 19.1. The molecule has 0 aliphatic carbocycles. The van der Waals surface area contributed by atoms with Crippen LogP contribution >= 0.6 is 0 Å². The van der Waals surface area contributed by atoms with E-state index in [1.165, 1.54) is 12.1 Å². The Labute approximate surface area is 119 Å². The summed E-state index contributed by atoms with van der Waals surface area (Å²) in [6, 6.07) is 4.18. The molecule has 1 aromatic rings. The van der Waals surface area contributed by atoms with Gasteiger partial charge in [-0.25, -0.2) is 4.39 Å². The molecule has 4 heteroatoms. The third-order valence-electron chi connectivity index (χ3n) is 3.50. The van der Waals surface area contributed by atoms with E-state index in [9.17, 15) is 9.18 Å². The molecule has 108 valence electrons. The SMILES string of the molecule is CCC(C)(CC)NC(=O)c1ccc(C#CCO)cc1F. The molecule has 0 aromatic heterocycles. The summed E-state index contributed by atoms with van der Waals surface area (Å²) in [5.74, 6) is 4.01. The first kappa shape index (κ1) is 16.2. The molecule has 0 bridgehead atoms. The van der Waals surface area contributed by atoms with Gasteiger partial charge in [-0.15, -0.1) is 0 Å². The van der Waals surface area contributed by atoms with Gasteiger partial charge in [-0.05, 0) is 38.0 Å². The lowest BCUT2D eigenvalue weighted by atomic mass is 9.95. The molecule has 20 heavy (non-hydrogen) atoms. The third kappa shape index (κ3) is 4.07. The van der Waals surface area contributed by atoms with Gasteiger partial charge in [0.15, 0.2) is 0 Å². The Balaban J connectivity index is 2.95. The van der Waals surface area contributed by atoms with Gasteiger partial charge >= 0.3 is 0 Å². The number of carbonyl (C=O) groups excluding carboxylic acids is 1. The van der Waals surface area contributed by atoms with Crippen molar-refractivity contribution in [3.05, 3.63) is 35.1 Å². The van der Waals surface area contributed by atoms with Crippen molar-refractivity contribution in [2.45, 2.75) is 39.2 Å². The van der Waals surface area contributed by atoms with Crippen LogP contribution in [-0.4, -0.2) is 23.2 Å². The summed E-state index contributed by atoms with van der Waals surface area (Å²) in [7, 11) is 0. The maximum atomic E-state index is 13.9. The summed E-state index contributed by atoms with van der Waals surface area (Å²) in [6.07, 6.45) is 1.55. The number of rotatable bonds is 4. The van der Waals surface area contributed by atoms with Gasteiger partial charge in [0.25, 0.3) is 5.91 Å². The predicted octanol–water partition coefficient (Wildman–Crippen LogP) is 2.48. The van der Waals surface area contributed by atoms with E-state index in [1.54, 1.807) is 6.07 Å². The first-order valence-corrected chi connectivity index (χ1v) is 6.67. The second kappa shape index (κ2) is 7.06. The highest BCUT2D eigenvalue weighted by Crippen LogP contribution is 2.16. The molecule has 0 atom stereocenters. The Morgan fingerprint density at radius 3 is 2.55 bits per heavy atom. The molecule has 1 rings (SSSR count). The minimum Gasteiger partial charge on any atom is -0.384 e. The highest BCUT2D eigenvalue weighted by molar-refractivity contribution is 5.95. The first-order valence-electron chi connectivity index (χ1n) is 6.67. The van der Waals surface area contributed by atoms with Crippen molar-refractivity contribution < 1.29 is 14.3 Å². The van der Waals surface area contributed by atoms with Crippen LogP contribution in [0.2, 0.25) is 0 Å². The normalized spacial score (nSPS) is 10.7. The number of halogens is 1. The van der Waals surface area contributed by atoms with E-state index in [4.69, 9.17) is 5.11 Å². The minimum absolute atomic E-state index is 0.00711. The fourth-order valence-electron chi connectivity index (χ4n) is 1.69. The van der Waals surface area contributed by atoms with Gasteiger partial charge in [0.1, 0.15) is 12.4 Å². The minimum atomic E-state index is -0.609.